The minimum absolute atomic E-state index is 0.127. The maximum absolute atomic E-state index is 12.3. The van der Waals surface area contributed by atoms with Gasteiger partial charge in [-0.25, -0.2) is 9.59 Å². The molecule has 8 nitrogen and oxygen atoms in total. The van der Waals surface area contributed by atoms with Gasteiger partial charge in [-0.2, -0.15) is 0 Å². The van der Waals surface area contributed by atoms with Crippen LogP contribution in [0.3, 0.4) is 0 Å². The summed E-state index contributed by atoms with van der Waals surface area (Å²) in [7, 11) is 0. The van der Waals surface area contributed by atoms with Crippen molar-refractivity contribution >= 4 is 18.1 Å². The first-order valence-corrected chi connectivity index (χ1v) is 14.8. The molecule has 1 aliphatic rings. The smallest absolute Gasteiger partial charge is 0.408 e. The Morgan fingerprint density at radius 2 is 1.26 bits per heavy atom. The van der Waals surface area contributed by atoms with E-state index in [-0.39, 0.29) is 13.2 Å². The molecule has 3 aromatic carbocycles. The number of unbranched alkanes of at least 4 members (excludes halogenated alkanes) is 1. The highest BCUT2D eigenvalue weighted by Gasteiger charge is 2.22. The Morgan fingerprint density at radius 3 is 1.83 bits per heavy atom. The second kappa shape index (κ2) is 16.2. The van der Waals surface area contributed by atoms with E-state index in [2.05, 4.69) is 22.8 Å². The van der Waals surface area contributed by atoms with Crippen LogP contribution in [0.1, 0.15) is 65.5 Å². The van der Waals surface area contributed by atoms with Gasteiger partial charge in [-0.15, -0.1) is 0 Å². The van der Waals surface area contributed by atoms with Gasteiger partial charge in [0.25, 0.3) is 0 Å². The number of benzene rings is 3. The number of hydrogen-bond donors (Lipinski definition) is 3. The lowest BCUT2D eigenvalue weighted by Crippen LogP contribution is -2.44. The van der Waals surface area contributed by atoms with Crippen LogP contribution < -0.4 is 16.4 Å². The van der Waals surface area contributed by atoms with Gasteiger partial charge in [-0.1, -0.05) is 72.8 Å². The number of alkyl carbamates (subject to hydrolysis) is 2. The third-order valence-electron chi connectivity index (χ3n) is 7.63. The van der Waals surface area contributed by atoms with Crippen molar-refractivity contribution in [2.24, 2.45) is 5.73 Å². The first kappa shape index (κ1) is 30.6. The number of ether oxygens (including phenoxy) is 2. The zero-order valence-corrected chi connectivity index (χ0v) is 24.1. The number of aryl methyl sites for hydroxylation is 2. The van der Waals surface area contributed by atoms with E-state index in [1.165, 1.54) is 22.3 Å². The highest BCUT2D eigenvalue weighted by atomic mass is 16.6. The molecular weight excluding hydrogens is 530 g/mol. The second-order valence-corrected chi connectivity index (χ2v) is 10.7. The van der Waals surface area contributed by atoms with Crippen LogP contribution in [0.5, 0.6) is 0 Å². The average Bonchev–Trinajstić information content (AvgIpc) is 3.02. The van der Waals surface area contributed by atoms with Gasteiger partial charge in [0.15, 0.2) is 0 Å². The van der Waals surface area contributed by atoms with Crippen LogP contribution in [0, 0.1) is 0 Å². The lowest BCUT2D eigenvalue weighted by atomic mass is 9.82. The monoisotopic (exact) mass is 571 g/mol. The summed E-state index contributed by atoms with van der Waals surface area (Å²) in [5.41, 5.74) is 12.8. The third-order valence-corrected chi connectivity index (χ3v) is 7.63. The van der Waals surface area contributed by atoms with Crippen LogP contribution in [-0.4, -0.2) is 30.7 Å². The van der Waals surface area contributed by atoms with Crippen LogP contribution in [0.15, 0.2) is 72.8 Å². The number of nitrogens with two attached hydrogens (primary N) is 1. The fourth-order valence-electron chi connectivity index (χ4n) is 5.38. The Morgan fingerprint density at radius 1 is 0.714 bits per heavy atom. The average molecular weight is 572 g/mol. The summed E-state index contributed by atoms with van der Waals surface area (Å²) in [5, 5.41) is 5.48. The molecule has 4 N–H and O–H groups in total. The largest absolute Gasteiger partial charge is 0.445 e. The van der Waals surface area contributed by atoms with Crippen molar-refractivity contribution in [3.05, 3.63) is 106 Å². The molecule has 0 bridgehead atoms. The summed E-state index contributed by atoms with van der Waals surface area (Å²) in [6.45, 7) is 0.963. The molecular formula is C34H41N3O5. The van der Waals surface area contributed by atoms with Crippen LogP contribution in [0.2, 0.25) is 0 Å². The van der Waals surface area contributed by atoms with Crippen LogP contribution in [-0.2, 0) is 53.2 Å². The second-order valence-electron chi connectivity index (χ2n) is 10.7. The van der Waals surface area contributed by atoms with Crippen molar-refractivity contribution in [3.63, 3.8) is 0 Å². The normalized spacial score (nSPS) is 13.0. The molecule has 1 atom stereocenters. The standard InChI is InChI=1S/C34H41N3O5/c35-32(38)31(37-34(40)42-24-26-13-5-2-6-14-26)21-20-28-19-18-27(29-16-7-8-17-30(28)29)15-9-10-22-36-33(39)41-23-25-11-3-1-4-12-25/h1-6,11-14,18-19,31H,7-10,15-17,20-24H2,(H2,35,38)(H,36,39)(H,37,40)/t31-/m0/s1. The van der Waals surface area contributed by atoms with E-state index in [9.17, 15) is 14.4 Å². The highest BCUT2D eigenvalue weighted by Crippen LogP contribution is 2.29. The summed E-state index contributed by atoms with van der Waals surface area (Å²) in [5.74, 6) is -0.574. The quantitative estimate of drug-likeness (QED) is 0.220. The van der Waals surface area contributed by atoms with Crippen LogP contribution in [0.25, 0.3) is 0 Å². The van der Waals surface area contributed by atoms with Gasteiger partial charge in [-0.05, 0) is 91.2 Å². The topological polar surface area (TPSA) is 120 Å². The highest BCUT2D eigenvalue weighted by molar-refractivity contribution is 5.84. The fraction of sp³-hybridized carbons (Fsp3) is 0.382. The first-order valence-electron chi connectivity index (χ1n) is 14.8. The summed E-state index contributed by atoms with van der Waals surface area (Å²) < 4.78 is 10.6. The Hall–Kier alpha value is -4.33. The van der Waals surface area contributed by atoms with Crippen molar-refractivity contribution in [1.82, 2.24) is 10.6 Å². The predicted molar refractivity (Wildman–Crippen MR) is 162 cm³/mol. The third kappa shape index (κ3) is 9.65. The maximum Gasteiger partial charge on any atom is 0.408 e. The number of nitrogens with one attached hydrogen (secondary N) is 2. The van der Waals surface area contributed by atoms with Crippen molar-refractivity contribution in [2.45, 2.75) is 77.0 Å². The number of primary amides is 1. The lowest BCUT2D eigenvalue weighted by Gasteiger charge is -2.24. The first-order chi connectivity index (χ1) is 20.5. The molecule has 3 aromatic rings. The Bertz CT molecular complexity index is 1310. The molecule has 4 rings (SSSR count). The number of fused-ring (bicyclic) bond motifs is 1. The van der Waals surface area contributed by atoms with Gasteiger partial charge in [0, 0.05) is 6.54 Å². The van der Waals surface area contributed by atoms with Crippen molar-refractivity contribution in [2.75, 3.05) is 6.54 Å². The van der Waals surface area contributed by atoms with E-state index < -0.39 is 24.1 Å². The van der Waals surface area contributed by atoms with Gasteiger partial charge in [0.2, 0.25) is 5.91 Å². The zero-order chi connectivity index (χ0) is 29.6. The molecule has 0 radical (unpaired) electrons. The van der Waals surface area contributed by atoms with E-state index in [1.54, 1.807) is 0 Å². The minimum atomic E-state index is -0.806. The van der Waals surface area contributed by atoms with E-state index in [0.29, 0.717) is 19.4 Å². The van der Waals surface area contributed by atoms with Gasteiger partial charge < -0.3 is 25.8 Å². The molecule has 0 spiro atoms. The van der Waals surface area contributed by atoms with Gasteiger partial charge >= 0.3 is 12.2 Å². The van der Waals surface area contributed by atoms with E-state index in [4.69, 9.17) is 15.2 Å². The summed E-state index contributed by atoms with van der Waals surface area (Å²) in [6.07, 6.45) is 7.14. The van der Waals surface area contributed by atoms with Gasteiger partial charge in [0.1, 0.15) is 19.3 Å². The van der Waals surface area contributed by atoms with Crippen molar-refractivity contribution < 1.29 is 23.9 Å². The number of carbonyl (C=O) groups is 3. The number of carbonyl (C=O) groups excluding carboxylic acids is 3. The van der Waals surface area contributed by atoms with Gasteiger partial charge in [-0.3, -0.25) is 4.79 Å². The fourth-order valence-corrected chi connectivity index (χ4v) is 5.38. The molecule has 0 aliphatic heterocycles. The van der Waals surface area contributed by atoms with Gasteiger partial charge in [0.05, 0.1) is 0 Å². The molecule has 0 aromatic heterocycles. The molecule has 1 aliphatic carbocycles. The molecule has 0 heterocycles. The number of hydrogen-bond acceptors (Lipinski definition) is 5. The summed E-state index contributed by atoms with van der Waals surface area (Å²) in [4.78, 5) is 36.4. The number of amides is 3. The molecule has 0 saturated carbocycles. The Kier molecular flexibility index (Phi) is 11.8. The number of rotatable bonds is 14. The van der Waals surface area contributed by atoms with Crippen LogP contribution >= 0.6 is 0 Å². The van der Waals surface area contributed by atoms with E-state index in [0.717, 1.165) is 56.1 Å². The molecule has 0 saturated heterocycles. The lowest BCUT2D eigenvalue weighted by molar-refractivity contribution is -0.120. The molecule has 0 unspecified atom stereocenters. The van der Waals surface area contributed by atoms with Crippen molar-refractivity contribution in [1.29, 1.82) is 0 Å². The molecule has 222 valence electrons. The molecule has 8 heteroatoms. The zero-order valence-electron chi connectivity index (χ0n) is 24.1. The Labute approximate surface area is 248 Å². The summed E-state index contributed by atoms with van der Waals surface area (Å²) >= 11 is 0. The molecule has 3 amide bonds. The minimum Gasteiger partial charge on any atom is -0.445 e. The maximum atomic E-state index is 12.3. The van der Waals surface area contributed by atoms with E-state index >= 15 is 0 Å². The Balaban J connectivity index is 1.23. The van der Waals surface area contributed by atoms with Crippen molar-refractivity contribution in [3.8, 4) is 0 Å². The van der Waals surface area contributed by atoms with Crippen LogP contribution in [0.4, 0.5) is 9.59 Å². The molecule has 0 fully saturated rings. The summed E-state index contributed by atoms with van der Waals surface area (Å²) in [6, 6.07) is 22.5. The SMILES string of the molecule is NC(=O)[C@H](CCc1ccc(CCCCNC(=O)OCc2ccccc2)c2c1CCCC2)NC(=O)OCc1ccccc1. The predicted octanol–water partition coefficient (Wildman–Crippen LogP) is 5.53. The van der Waals surface area contributed by atoms with E-state index in [1.807, 2.05) is 60.7 Å². The molecule has 42 heavy (non-hydrogen) atoms.